The predicted molar refractivity (Wildman–Crippen MR) is 142 cm³/mol. The van der Waals surface area contributed by atoms with E-state index >= 15 is 0 Å². The van der Waals surface area contributed by atoms with E-state index < -0.39 is 55.5 Å². The SMILES string of the molecule is O=C1CNC(=O)CNC(=O)c2ccc(cc2)Nc2nc(nc(OCC(F)(F)F)n2)NCc2ccc(cc2)NC(=O)CN1. The second-order valence-corrected chi connectivity index (χ2v) is 8.71. The second-order valence-electron chi connectivity index (χ2n) is 8.71. The van der Waals surface area contributed by atoms with Crippen molar-refractivity contribution in [2.45, 2.75) is 12.7 Å². The first kappa shape index (κ1) is 29.5. The van der Waals surface area contributed by atoms with Gasteiger partial charge in [-0.1, -0.05) is 12.1 Å². The Kier molecular flexibility index (Phi) is 9.31. The molecule has 0 spiro atoms. The van der Waals surface area contributed by atoms with E-state index in [2.05, 4.69) is 46.9 Å². The Balaban J connectivity index is 1.56. The molecule has 6 N–H and O–H groups in total. The molecule has 4 heterocycles. The highest BCUT2D eigenvalue weighted by Gasteiger charge is 2.29. The number of nitrogens with zero attached hydrogens (tertiary/aromatic N) is 3. The molecule has 0 saturated carbocycles. The highest BCUT2D eigenvalue weighted by Crippen LogP contribution is 2.21. The lowest BCUT2D eigenvalue weighted by atomic mass is 10.2. The molecule has 220 valence electrons. The summed E-state index contributed by atoms with van der Waals surface area (Å²) in [5.74, 6) is -2.55. The van der Waals surface area contributed by atoms with Gasteiger partial charge in [0.25, 0.3) is 5.91 Å². The van der Waals surface area contributed by atoms with Crippen molar-refractivity contribution in [3.05, 3.63) is 59.7 Å². The quantitative estimate of drug-likeness (QED) is 0.253. The van der Waals surface area contributed by atoms with Crippen LogP contribution in [0.15, 0.2) is 48.5 Å². The number of halogens is 3. The summed E-state index contributed by atoms with van der Waals surface area (Å²) in [4.78, 5) is 60.5. The molecule has 3 aliphatic rings. The molecule has 0 radical (unpaired) electrons. The number of nitrogens with one attached hydrogen (secondary N) is 6. The van der Waals surface area contributed by atoms with Gasteiger partial charge in [0.15, 0.2) is 6.61 Å². The van der Waals surface area contributed by atoms with Crippen molar-refractivity contribution in [2.75, 3.05) is 42.2 Å². The molecule has 6 bridgehead atoms. The Morgan fingerprint density at radius 1 is 0.643 bits per heavy atom. The average Bonchev–Trinajstić information content (AvgIpc) is 2.96. The summed E-state index contributed by atoms with van der Waals surface area (Å²) >= 11 is 0. The molecule has 6 rings (SSSR count). The van der Waals surface area contributed by atoms with Crippen LogP contribution in [0.2, 0.25) is 0 Å². The van der Waals surface area contributed by atoms with Crippen LogP contribution in [0.4, 0.5) is 36.4 Å². The van der Waals surface area contributed by atoms with Gasteiger partial charge in [-0.15, -0.1) is 0 Å². The molecule has 0 aliphatic carbocycles. The van der Waals surface area contributed by atoms with Crippen LogP contribution in [0.25, 0.3) is 0 Å². The maximum absolute atomic E-state index is 12.7. The summed E-state index contributed by atoms with van der Waals surface area (Å²) in [6.45, 7) is -2.62. The first-order valence-electron chi connectivity index (χ1n) is 12.3. The van der Waals surface area contributed by atoms with Gasteiger partial charge in [0.05, 0.1) is 19.6 Å². The summed E-state index contributed by atoms with van der Waals surface area (Å²) in [6, 6.07) is 11.8. The maximum Gasteiger partial charge on any atom is 0.422 e. The largest absolute Gasteiger partial charge is 0.454 e. The van der Waals surface area contributed by atoms with Crippen molar-refractivity contribution in [3.8, 4) is 6.01 Å². The smallest absolute Gasteiger partial charge is 0.422 e. The monoisotopic (exact) mass is 587 g/mol. The molecular formula is C25H24F3N9O5. The number of fused-ring (bicyclic) bond motifs is 2. The van der Waals surface area contributed by atoms with Gasteiger partial charge < -0.3 is 36.6 Å². The van der Waals surface area contributed by atoms with E-state index in [1.54, 1.807) is 24.3 Å². The fraction of sp³-hybridized carbons (Fsp3) is 0.240. The number of ether oxygens (including phenoxy) is 1. The van der Waals surface area contributed by atoms with Gasteiger partial charge in [0, 0.05) is 23.5 Å². The molecule has 0 fully saturated rings. The summed E-state index contributed by atoms with van der Waals surface area (Å²) < 4.78 is 42.9. The van der Waals surface area contributed by atoms with E-state index in [4.69, 9.17) is 4.74 Å². The fourth-order valence-corrected chi connectivity index (χ4v) is 3.37. The van der Waals surface area contributed by atoms with Gasteiger partial charge in [-0.2, -0.15) is 28.1 Å². The lowest BCUT2D eigenvalue weighted by Gasteiger charge is -2.12. The van der Waals surface area contributed by atoms with Crippen molar-refractivity contribution < 1.29 is 37.1 Å². The highest BCUT2D eigenvalue weighted by atomic mass is 19.4. The first-order valence-corrected chi connectivity index (χ1v) is 12.3. The van der Waals surface area contributed by atoms with Crippen LogP contribution in [-0.2, 0) is 20.9 Å². The number of alkyl halides is 3. The Bertz CT molecular complexity index is 1450. The average molecular weight is 588 g/mol. The standard InChI is InChI=1S/C25H24F3N9O5/c26-25(27,28)13-42-24-36-22-32-9-14-1-5-16(6-2-14)33-20(40)12-30-18(38)10-29-19(39)11-31-21(41)15-3-7-17(8-4-15)34-23(35-22)37-24/h1-8H,9-13H2,(H,29,39)(H,30,38)(H,31,41)(H,33,40)(H2,32,34,35,36,37). The number of hydrogen-bond acceptors (Lipinski definition) is 10. The number of amides is 4. The molecule has 0 atom stereocenters. The Hall–Kier alpha value is -5.48. The van der Waals surface area contributed by atoms with E-state index in [0.717, 1.165) is 0 Å². The van der Waals surface area contributed by atoms with E-state index in [0.29, 0.717) is 16.9 Å². The number of rotatable bonds is 2. The minimum atomic E-state index is -4.62. The third-order valence-corrected chi connectivity index (χ3v) is 5.37. The zero-order valence-electron chi connectivity index (χ0n) is 21.7. The van der Waals surface area contributed by atoms with Gasteiger partial charge in [0.2, 0.25) is 29.6 Å². The fourth-order valence-electron chi connectivity index (χ4n) is 3.37. The molecule has 0 unspecified atom stereocenters. The van der Waals surface area contributed by atoms with E-state index in [9.17, 15) is 32.3 Å². The van der Waals surface area contributed by atoms with Crippen molar-refractivity contribution in [3.63, 3.8) is 0 Å². The number of carbonyl (C=O) groups is 4. The summed E-state index contributed by atoms with van der Waals surface area (Å²) in [5, 5.41) is 15.4. The van der Waals surface area contributed by atoms with Gasteiger partial charge in [-0.05, 0) is 42.0 Å². The van der Waals surface area contributed by atoms with Crippen LogP contribution in [0.1, 0.15) is 15.9 Å². The number of benzene rings is 2. The van der Waals surface area contributed by atoms with Crippen LogP contribution < -0.4 is 36.6 Å². The molecule has 2 aromatic carbocycles. The summed E-state index contributed by atoms with van der Waals surface area (Å²) in [7, 11) is 0. The lowest BCUT2D eigenvalue weighted by Crippen LogP contribution is -2.43. The van der Waals surface area contributed by atoms with E-state index in [1.807, 2.05) is 0 Å². The maximum atomic E-state index is 12.7. The molecule has 0 saturated heterocycles. The summed E-state index contributed by atoms with van der Waals surface area (Å²) in [5.41, 5.74) is 1.73. The Morgan fingerprint density at radius 3 is 1.88 bits per heavy atom. The van der Waals surface area contributed by atoms with Crippen LogP contribution in [0.3, 0.4) is 0 Å². The molecule has 4 amide bonds. The van der Waals surface area contributed by atoms with E-state index in [-0.39, 0.29) is 30.5 Å². The number of aromatic nitrogens is 3. The van der Waals surface area contributed by atoms with Crippen molar-refractivity contribution in [2.24, 2.45) is 0 Å². The topological polar surface area (TPSA) is 188 Å². The first-order chi connectivity index (χ1) is 20.0. The minimum Gasteiger partial charge on any atom is -0.454 e. The predicted octanol–water partition coefficient (Wildman–Crippen LogP) is 1.08. The molecule has 42 heavy (non-hydrogen) atoms. The van der Waals surface area contributed by atoms with Crippen LogP contribution in [-0.4, -0.2) is 71.0 Å². The molecule has 14 nitrogen and oxygen atoms in total. The zero-order chi connectivity index (χ0) is 30.1. The Labute approximate surface area is 235 Å². The molecule has 1 aromatic heterocycles. The lowest BCUT2D eigenvalue weighted by molar-refractivity contribution is -0.154. The minimum absolute atomic E-state index is 0.0856. The third kappa shape index (κ3) is 9.32. The molecular weight excluding hydrogens is 563 g/mol. The van der Waals surface area contributed by atoms with Crippen molar-refractivity contribution in [1.82, 2.24) is 30.9 Å². The second kappa shape index (κ2) is 13.2. The number of carbonyl (C=O) groups excluding carboxylic acids is 4. The third-order valence-electron chi connectivity index (χ3n) is 5.37. The summed E-state index contributed by atoms with van der Waals surface area (Å²) in [6.07, 6.45) is -4.62. The number of anilines is 4. The van der Waals surface area contributed by atoms with Crippen molar-refractivity contribution >= 4 is 46.9 Å². The van der Waals surface area contributed by atoms with Crippen LogP contribution in [0, 0.1) is 0 Å². The molecule has 3 aromatic rings. The van der Waals surface area contributed by atoms with Crippen LogP contribution >= 0.6 is 0 Å². The van der Waals surface area contributed by atoms with E-state index in [1.165, 1.54) is 24.3 Å². The van der Waals surface area contributed by atoms with Gasteiger partial charge in [0.1, 0.15) is 0 Å². The Morgan fingerprint density at radius 2 is 1.21 bits per heavy atom. The zero-order valence-corrected chi connectivity index (χ0v) is 21.7. The number of hydrogen-bond donors (Lipinski definition) is 6. The van der Waals surface area contributed by atoms with Gasteiger partial charge in [-0.3, -0.25) is 19.2 Å². The normalized spacial score (nSPS) is 15.1. The molecule has 3 aliphatic heterocycles. The van der Waals surface area contributed by atoms with Gasteiger partial charge in [-0.25, -0.2) is 0 Å². The van der Waals surface area contributed by atoms with Gasteiger partial charge >= 0.3 is 12.2 Å². The van der Waals surface area contributed by atoms with Crippen LogP contribution in [0.5, 0.6) is 6.01 Å². The molecule has 17 heteroatoms. The van der Waals surface area contributed by atoms with Crippen molar-refractivity contribution in [1.29, 1.82) is 0 Å². The highest BCUT2D eigenvalue weighted by molar-refractivity contribution is 5.97.